The molecule has 17 heavy (non-hydrogen) atoms. The maximum absolute atomic E-state index is 11.2. The first-order valence-electron chi connectivity index (χ1n) is 5.34. The van der Waals surface area contributed by atoms with Crippen LogP contribution in [-0.4, -0.2) is 49.6 Å². The van der Waals surface area contributed by atoms with E-state index in [4.69, 9.17) is 4.74 Å². The smallest absolute Gasteiger partial charge is 0.331 e. The molecule has 1 aliphatic heterocycles. The average molecular weight is 241 g/mol. The van der Waals surface area contributed by atoms with E-state index in [1.54, 1.807) is 4.90 Å². The van der Waals surface area contributed by atoms with Crippen LogP contribution in [0.3, 0.4) is 0 Å². The molecule has 1 aliphatic rings. The van der Waals surface area contributed by atoms with Crippen LogP contribution in [0, 0.1) is 0 Å². The Morgan fingerprint density at radius 1 is 1.35 bits per heavy atom. The van der Waals surface area contributed by atoms with Crippen LogP contribution in [0.4, 0.5) is 0 Å². The SMILES string of the molecule is COC(=O)/C=C/C(=O)OCCN1CCCC1=O. The summed E-state index contributed by atoms with van der Waals surface area (Å²) in [6.07, 6.45) is 3.41. The molecule has 1 rings (SSSR count). The van der Waals surface area contributed by atoms with Crippen molar-refractivity contribution >= 4 is 17.8 Å². The van der Waals surface area contributed by atoms with E-state index in [1.807, 2.05) is 0 Å². The molecule has 6 nitrogen and oxygen atoms in total. The molecule has 0 aromatic heterocycles. The van der Waals surface area contributed by atoms with Gasteiger partial charge in [-0.05, 0) is 6.42 Å². The van der Waals surface area contributed by atoms with E-state index < -0.39 is 11.9 Å². The minimum Gasteiger partial charge on any atom is -0.466 e. The fourth-order valence-electron chi connectivity index (χ4n) is 1.45. The van der Waals surface area contributed by atoms with E-state index in [9.17, 15) is 14.4 Å². The Morgan fingerprint density at radius 3 is 2.65 bits per heavy atom. The molecule has 1 fully saturated rings. The number of likely N-dealkylation sites (tertiary alicyclic amines) is 1. The Hall–Kier alpha value is -1.85. The molecule has 0 bridgehead atoms. The molecular weight excluding hydrogens is 226 g/mol. The summed E-state index contributed by atoms with van der Waals surface area (Å²) in [5.41, 5.74) is 0. The minimum atomic E-state index is -0.623. The summed E-state index contributed by atoms with van der Waals surface area (Å²) >= 11 is 0. The molecule has 0 radical (unpaired) electrons. The van der Waals surface area contributed by atoms with Crippen molar-refractivity contribution < 1.29 is 23.9 Å². The minimum absolute atomic E-state index is 0.0890. The summed E-state index contributed by atoms with van der Waals surface area (Å²) in [5, 5.41) is 0. The highest BCUT2D eigenvalue weighted by molar-refractivity contribution is 5.91. The Bertz CT molecular complexity index is 337. The normalized spacial score (nSPS) is 15.4. The lowest BCUT2D eigenvalue weighted by molar-refractivity contribution is -0.140. The van der Waals surface area contributed by atoms with Gasteiger partial charge in [-0.2, -0.15) is 0 Å². The molecule has 6 heteroatoms. The molecule has 0 aromatic rings. The van der Waals surface area contributed by atoms with Crippen LogP contribution >= 0.6 is 0 Å². The van der Waals surface area contributed by atoms with Gasteiger partial charge in [0, 0.05) is 25.1 Å². The van der Waals surface area contributed by atoms with Gasteiger partial charge in [0.2, 0.25) is 5.91 Å². The number of carbonyl (C=O) groups excluding carboxylic acids is 3. The van der Waals surface area contributed by atoms with E-state index in [2.05, 4.69) is 4.74 Å². The van der Waals surface area contributed by atoms with Gasteiger partial charge < -0.3 is 14.4 Å². The van der Waals surface area contributed by atoms with E-state index in [1.165, 1.54) is 7.11 Å². The van der Waals surface area contributed by atoms with Crippen molar-refractivity contribution in [3.8, 4) is 0 Å². The van der Waals surface area contributed by atoms with Gasteiger partial charge in [0.15, 0.2) is 0 Å². The van der Waals surface area contributed by atoms with Crippen LogP contribution in [0.15, 0.2) is 12.2 Å². The van der Waals surface area contributed by atoms with Crippen molar-refractivity contribution in [3.63, 3.8) is 0 Å². The highest BCUT2D eigenvalue weighted by Crippen LogP contribution is 2.08. The summed E-state index contributed by atoms with van der Waals surface area (Å²) in [6.45, 7) is 1.25. The number of esters is 2. The Kier molecular flexibility index (Phi) is 5.19. The lowest BCUT2D eigenvalue weighted by atomic mass is 10.4. The number of carbonyl (C=O) groups is 3. The molecule has 0 atom stereocenters. The van der Waals surface area contributed by atoms with Crippen molar-refractivity contribution in [2.24, 2.45) is 0 Å². The predicted octanol–water partition coefficient (Wildman–Crippen LogP) is -0.119. The number of rotatable bonds is 5. The fraction of sp³-hybridized carbons (Fsp3) is 0.545. The number of hydrogen-bond acceptors (Lipinski definition) is 5. The second-order valence-electron chi connectivity index (χ2n) is 3.51. The molecule has 0 spiro atoms. The average Bonchev–Trinajstić information content (AvgIpc) is 2.72. The van der Waals surface area contributed by atoms with Crippen LogP contribution < -0.4 is 0 Å². The lowest BCUT2D eigenvalue weighted by Gasteiger charge is -2.14. The number of nitrogens with zero attached hydrogens (tertiary/aromatic N) is 1. The largest absolute Gasteiger partial charge is 0.466 e. The molecule has 0 N–H and O–H groups in total. The summed E-state index contributed by atoms with van der Waals surface area (Å²) in [4.78, 5) is 34.6. The zero-order valence-electron chi connectivity index (χ0n) is 9.68. The maximum atomic E-state index is 11.2. The first kappa shape index (κ1) is 13.2. The topological polar surface area (TPSA) is 72.9 Å². The molecule has 0 aromatic carbocycles. The highest BCUT2D eigenvalue weighted by atomic mass is 16.5. The standard InChI is InChI=1S/C11H15NO5/c1-16-10(14)4-5-11(15)17-8-7-12-6-2-3-9(12)13/h4-5H,2-3,6-8H2,1H3/b5-4+. The van der Waals surface area contributed by atoms with Crippen LogP contribution in [0.5, 0.6) is 0 Å². The van der Waals surface area contributed by atoms with Gasteiger partial charge in [0.1, 0.15) is 6.61 Å². The van der Waals surface area contributed by atoms with Gasteiger partial charge in [-0.1, -0.05) is 0 Å². The third-order valence-corrected chi connectivity index (χ3v) is 2.33. The van der Waals surface area contributed by atoms with Crippen molar-refractivity contribution in [1.82, 2.24) is 4.90 Å². The van der Waals surface area contributed by atoms with Crippen molar-refractivity contribution in [3.05, 3.63) is 12.2 Å². The first-order valence-corrected chi connectivity index (χ1v) is 5.34. The molecule has 0 aliphatic carbocycles. The van der Waals surface area contributed by atoms with Gasteiger partial charge in [0.25, 0.3) is 0 Å². The van der Waals surface area contributed by atoms with Crippen LogP contribution in [0.25, 0.3) is 0 Å². The quantitative estimate of drug-likeness (QED) is 0.495. The molecule has 1 amide bonds. The molecule has 0 saturated carbocycles. The highest BCUT2D eigenvalue weighted by Gasteiger charge is 2.19. The van der Waals surface area contributed by atoms with E-state index in [0.29, 0.717) is 19.5 Å². The van der Waals surface area contributed by atoms with Gasteiger partial charge in [-0.3, -0.25) is 4.79 Å². The molecule has 1 saturated heterocycles. The van der Waals surface area contributed by atoms with Crippen LogP contribution in [-0.2, 0) is 23.9 Å². The summed E-state index contributed by atoms with van der Waals surface area (Å²) in [7, 11) is 1.22. The number of methoxy groups -OCH3 is 1. The Balaban J connectivity index is 2.18. The second-order valence-corrected chi connectivity index (χ2v) is 3.51. The zero-order valence-corrected chi connectivity index (χ0v) is 9.68. The third kappa shape index (κ3) is 4.67. The van der Waals surface area contributed by atoms with Gasteiger partial charge in [0.05, 0.1) is 13.7 Å². The third-order valence-electron chi connectivity index (χ3n) is 2.33. The fourth-order valence-corrected chi connectivity index (χ4v) is 1.45. The maximum Gasteiger partial charge on any atom is 0.331 e. The van der Waals surface area contributed by atoms with Crippen molar-refractivity contribution in [2.75, 3.05) is 26.8 Å². The summed E-state index contributed by atoms with van der Waals surface area (Å²) < 4.78 is 9.13. The van der Waals surface area contributed by atoms with Gasteiger partial charge in [-0.25, -0.2) is 9.59 Å². The van der Waals surface area contributed by atoms with Gasteiger partial charge >= 0.3 is 11.9 Å². The Labute approximate surface area is 99.2 Å². The molecule has 94 valence electrons. The number of ether oxygens (including phenoxy) is 2. The van der Waals surface area contributed by atoms with Gasteiger partial charge in [-0.15, -0.1) is 0 Å². The number of hydrogen-bond donors (Lipinski definition) is 0. The van der Waals surface area contributed by atoms with Crippen molar-refractivity contribution in [1.29, 1.82) is 0 Å². The monoisotopic (exact) mass is 241 g/mol. The second kappa shape index (κ2) is 6.67. The lowest BCUT2D eigenvalue weighted by Crippen LogP contribution is -2.29. The summed E-state index contributed by atoms with van der Waals surface area (Å²) in [5.74, 6) is -1.15. The predicted molar refractivity (Wildman–Crippen MR) is 57.9 cm³/mol. The van der Waals surface area contributed by atoms with E-state index in [0.717, 1.165) is 18.6 Å². The van der Waals surface area contributed by atoms with Crippen molar-refractivity contribution in [2.45, 2.75) is 12.8 Å². The van der Waals surface area contributed by atoms with E-state index >= 15 is 0 Å². The summed E-state index contributed by atoms with van der Waals surface area (Å²) in [6, 6.07) is 0. The molecular formula is C11H15NO5. The molecule has 1 heterocycles. The van der Waals surface area contributed by atoms with Crippen LogP contribution in [0.2, 0.25) is 0 Å². The number of amides is 1. The van der Waals surface area contributed by atoms with Crippen LogP contribution in [0.1, 0.15) is 12.8 Å². The molecule has 0 unspecified atom stereocenters. The zero-order chi connectivity index (χ0) is 12.7. The van der Waals surface area contributed by atoms with E-state index in [-0.39, 0.29) is 12.5 Å². The Morgan fingerprint density at radius 2 is 2.06 bits per heavy atom. The first-order chi connectivity index (χ1) is 8.13.